The summed E-state index contributed by atoms with van der Waals surface area (Å²) < 4.78 is 5.38. The average Bonchev–Trinajstić information content (AvgIpc) is 2.97. The molecule has 2 atom stereocenters. The first-order chi connectivity index (χ1) is 10.7. The summed E-state index contributed by atoms with van der Waals surface area (Å²) in [5.74, 6) is 0.0204. The number of aromatic nitrogens is 1. The topological polar surface area (TPSA) is 71.3 Å². The van der Waals surface area contributed by atoms with Crippen LogP contribution in [0.5, 0.6) is 0 Å². The minimum absolute atomic E-state index is 0.0204. The Labute approximate surface area is 130 Å². The molecule has 1 aliphatic heterocycles. The molecule has 1 fully saturated rings. The zero-order valence-corrected chi connectivity index (χ0v) is 12.9. The van der Waals surface area contributed by atoms with Crippen LogP contribution < -0.4 is 5.73 Å². The van der Waals surface area contributed by atoms with Crippen molar-refractivity contribution in [1.82, 2.24) is 9.88 Å². The second-order valence-electron chi connectivity index (χ2n) is 5.95. The van der Waals surface area contributed by atoms with Crippen LogP contribution >= 0.6 is 0 Å². The Bertz CT molecular complexity index is 652. The zero-order valence-electron chi connectivity index (χ0n) is 12.9. The number of hydrogen-bond donors (Lipinski definition) is 2. The fourth-order valence-corrected chi connectivity index (χ4v) is 3.19. The number of amides is 1. The zero-order chi connectivity index (χ0) is 15.5. The van der Waals surface area contributed by atoms with Crippen LogP contribution in [0.15, 0.2) is 30.5 Å². The van der Waals surface area contributed by atoms with Gasteiger partial charge in [0, 0.05) is 37.3 Å². The summed E-state index contributed by atoms with van der Waals surface area (Å²) in [5, 5.41) is 1.14. The Morgan fingerprint density at radius 2 is 2.32 bits per heavy atom. The van der Waals surface area contributed by atoms with E-state index in [1.807, 2.05) is 29.3 Å². The number of benzene rings is 1. The smallest absolute Gasteiger partial charge is 0.239 e. The number of piperidine rings is 1. The molecule has 0 bridgehead atoms. The van der Waals surface area contributed by atoms with Crippen LogP contribution in [0.25, 0.3) is 10.9 Å². The number of nitrogens with one attached hydrogen (secondary N) is 1. The molecule has 0 radical (unpaired) electrons. The number of nitrogens with two attached hydrogens (primary N) is 1. The van der Waals surface area contributed by atoms with Crippen LogP contribution in [-0.2, 0) is 16.0 Å². The molecule has 22 heavy (non-hydrogen) atoms. The quantitative estimate of drug-likeness (QED) is 0.902. The van der Waals surface area contributed by atoms with Crippen LogP contribution in [0, 0.1) is 0 Å². The molecule has 1 unspecified atom stereocenters. The number of para-hydroxylation sites is 1. The lowest BCUT2D eigenvalue weighted by Crippen LogP contribution is -2.50. The van der Waals surface area contributed by atoms with Crippen molar-refractivity contribution in [3.05, 3.63) is 36.0 Å². The SMILES string of the molecule is COC1CCCN(C(=O)[C@@H](N)Cc2c[nH]c3ccccc23)C1. The van der Waals surface area contributed by atoms with Gasteiger partial charge in [-0.25, -0.2) is 0 Å². The maximum absolute atomic E-state index is 12.6. The molecule has 3 N–H and O–H groups in total. The normalized spacial score (nSPS) is 20.3. The number of rotatable bonds is 4. The molecule has 3 rings (SSSR count). The molecule has 5 nitrogen and oxygen atoms in total. The van der Waals surface area contributed by atoms with Gasteiger partial charge >= 0.3 is 0 Å². The van der Waals surface area contributed by atoms with Gasteiger partial charge in [0.15, 0.2) is 0 Å². The maximum atomic E-state index is 12.6. The monoisotopic (exact) mass is 301 g/mol. The lowest BCUT2D eigenvalue weighted by Gasteiger charge is -2.33. The van der Waals surface area contributed by atoms with Gasteiger partial charge in [0.1, 0.15) is 0 Å². The molecule has 1 amide bonds. The highest BCUT2D eigenvalue weighted by Gasteiger charge is 2.27. The molecule has 0 saturated carbocycles. The predicted molar refractivity (Wildman–Crippen MR) is 86.6 cm³/mol. The molecule has 1 aliphatic rings. The summed E-state index contributed by atoms with van der Waals surface area (Å²) in [7, 11) is 1.70. The molecule has 5 heteroatoms. The first kappa shape index (κ1) is 15.1. The molecule has 0 aliphatic carbocycles. The number of carbonyl (C=O) groups excluding carboxylic acids is 1. The van der Waals surface area contributed by atoms with Gasteiger partial charge in [-0.15, -0.1) is 0 Å². The van der Waals surface area contributed by atoms with E-state index in [-0.39, 0.29) is 12.0 Å². The molecular weight excluding hydrogens is 278 g/mol. The van der Waals surface area contributed by atoms with Crippen LogP contribution in [0.1, 0.15) is 18.4 Å². The molecule has 2 aromatic rings. The van der Waals surface area contributed by atoms with Crippen molar-refractivity contribution in [1.29, 1.82) is 0 Å². The number of aromatic amines is 1. The van der Waals surface area contributed by atoms with E-state index >= 15 is 0 Å². The molecule has 0 spiro atoms. The van der Waals surface area contributed by atoms with Crippen LogP contribution in [0.4, 0.5) is 0 Å². The molecule has 1 aromatic heterocycles. The van der Waals surface area contributed by atoms with Crippen molar-refractivity contribution < 1.29 is 9.53 Å². The summed E-state index contributed by atoms with van der Waals surface area (Å²) in [5.41, 5.74) is 8.34. The molecule has 1 saturated heterocycles. The highest BCUT2D eigenvalue weighted by atomic mass is 16.5. The Hall–Kier alpha value is -1.85. The van der Waals surface area contributed by atoms with Crippen molar-refractivity contribution >= 4 is 16.8 Å². The van der Waals surface area contributed by atoms with Crippen molar-refractivity contribution in [3.63, 3.8) is 0 Å². The fraction of sp³-hybridized carbons (Fsp3) is 0.471. The standard InChI is InChI=1S/C17H23N3O2/c1-22-13-5-4-8-20(11-13)17(21)15(18)9-12-10-19-16-7-3-2-6-14(12)16/h2-3,6-7,10,13,15,19H,4-5,8-9,11,18H2,1H3/t13?,15-/m0/s1. The lowest BCUT2D eigenvalue weighted by molar-refractivity contribution is -0.136. The number of carbonyl (C=O) groups is 1. The van der Waals surface area contributed by atoms with Gasteiger partial charge in [0.25, 0.3) is 0 Å². The highest BCUT2D eigenvalue weighted by molar-refractivity contribution is 5.86. The van der Waals surface area contributed by atoms with Crippen molar-refractivity contribution in [2.45, 2.75) is 31.4 Å². The van der Waals surface area contributed by atoms with Gasteiger partial charge in [-0.1, -0.05) is 18.2 Å². The van der Waals surface area contributed by atoms with Crippen molar-refractivity contribution in [3.8, 4) is 0 Å². The Kier molecular flexibility index (Phi) is 4.45. The fourth-order valence-electron chi connectivity index (χ4n) is 3.19. The first-order valence-corrected chi connectivity index (χ1v) is 7.81. The molecule has 2 heterocycles. The molecule has 118 valence electrons. The second kappa shape index (κ2) is 6.50. The van der Waals surface area contributed by atoms with Gasteiger partial charge in [0.2, 0.25) is 5.91 Å². The maximum Gasteiger partial charge on any atom is 0.239 e. The second-order valence-corrected chi connectivity index (χ2v) is 5.95. The van der Waals surface area contributed by atoms with E-state index < -0.39 is 6.04 Å². The van der Waals surface area contributed by atoms with E-state index in [2.05, 4.69) is 11.1 Å². The number of fused-ring (bicyclic) bond motifs is 1. The van der Waals surface area contributed by atoms with Gasteiger partial charge in [-0.3, -0.25) is 4.79 Å². The van der Waals surface area contributed by atoms with Gasteiger partial charge in [-0.2, -0.15) is 0 Å². The summed E-state index contributed by atoms with van der Waals surface area (Å²) >= 11 is 0. The summed E-state index contributed by atoms with van der Waals surface area (Å²) in [6, 6.07) is 7.57. The number of H-pyrrole nitrogens is 1. The number of nitrogens with zero attached hydrogens (tertiary/aromatic N) is 1. The summed E-state index contributed by atoms with van der Waals surface area (Å²) in [4.78, 5) is 17.6. The lowest BCUT2D eigenvalue weighted by atomic mass is 10.0. The van der Waals surface area contributed by atoms with Gasteiger partial charge in [0.05, 0.1) is 12.1 Å². The Morgan fingerprint density at radius 1 is 1.50 bits per heavy atom. The van der Waals surface area contributed by atoms with Crippen molar-refractivity contribution in [2.24, 2.45) is 5.73 Å². The van der Waals surface area contributed by atoms with Gasteiger partial charge in [-0.05, 0) is 30.9 Å². The summed E-state index contributed by atoms with van der Waals surface area (Å²) in [6.07, 6.45) is 4.63. The van der Waals surface area contributed by atoms with Gasteiger partial charge < -0.3 is 20.4 Å². The third kappa shape index (κ3) is 3.00. The van der Waals surface area contributed by atoms with E-state index in [1.54, 1.807) is 7.11 Å². The third-order valence-corrected chi connectivity index (χ3v) is 4.46. The molecular formula is C17H23N3O2. The minimum Gasteiger partial charge on any atom is -0.380 e. The Balaban J connectivity index is 1.68. The van der Waals surface area contributed by atoms with E-state index in [4.69, 9.17) is 10.5 Å². The predicted octanol–water partition coefficient (Wildman–Crippen LogP) is 1.68. The highest BCUT2D eigenvalue weighted by Crippen LogP contribution is 2.20. The van der Waals surface area contributed by atoms with E-state index in [1.165, 1.54) is 0 Å². The van der Waals surface area contributed by atoms with E-state index in [9.17, 15) is 4.79 Å². The molecule has 1 aromatic carbocycles. The summed E-state index contributed by atoms with van der Waals surface area (Å²) in [6.45, 7) is 1.43. The van der Waals surface area contributed by atoms with E-state index in [0.717, 1.165) is 35.9 Å². The van der Waals surface area contributed by atoms with Crippen molar-refractivity contribution in [2.75, 3.05) is 20.2 Å². The first-order valence-electron chi connectivity index (χ1n) is 7.81. The van der Waals surface area contributed by atoms with Crippen LogP contribution in [0.3, 0.4) is 0 Å². The van der Waals surface area contributed by atoms with E-state index in [0.29, 0.717) is 13.0 Å². The minimum atomic E-state index is -0.505. The van der Waals surface area contributed by atoms with Crippen LogP contribution in [0.2, 0.25) is 0 Å². The number of hydrogen-bond acceptors (Lipinski definition) is 3. The largest absolute Gasteiger partial charge is 0.380 e. The number of methoxy groups -OCH3 is 1. The van der Waals surface area contributed by atoms with Crippen LogP contribution in [-0.4, -0.2) is 48.1 Å². The number of ether oxygens (including phenoxy) is 1. The average molecular weight is 301 g/mol. The third-order valence-electron chi connectivity index (χ3n) is 4.46. The number of likely N-dealkylation sites (tertiary alicyclic amines) is 1. The Morgan fingerprint density at radius 3 is 3.14 bits per heavy atom.